The van der Waals surface area contributed by atoms with Gasteiger partial charge >= 0.3 is 5.71 Å². The van der Waals surface area contributed by atoms with Crippen LogP contribution in [0.15, 0.2) is 67.0 Å². The third-order valence-electron chi connectivity index (χ3n) is 3.80. The van der Waals surface area contributed by atoms with Crippen LogP contribution in [0.2, 0.25) is 0 Å². The van der Waals surface area contributed by atoms with E-state index in [0.717, 1.165) is 11.4 Å². The number of fused-ring (bicyclic) bond motifs is 2. The Morgan fingerprint density at radius 3 is 2.00 bits per heavy atom. The fraction of sp³-hybridized carbons (Fsp3) is 0. The second-order valence-electron chi connectivity index (χ2n) is 5.00. The molecule has 4 heteroatoms. The summed E-state index contributed by atoms with van der Waals surface area (Å²) < 4.78 is 4.68. The summed E-state index contributed by atoms with van der Waals surface area (Å²) in [5.74, 6) is 0. The van der Waals surface area contributed by atoms with Crippen molar-refractivity contribution in [2.75, 3.05) is 0 Å². The molecule has 0 aliphatic carbocycles. The molecule has 3 heterocycles. The highest BCUT2D eigenvalue weighted by Crippen LogP contribution is 2.17. The molecule has 3 nitrogen and oxygen atoms in total. The predicted molar refractivity (Wildman–Crippen MR) is 79.7 cm³/mol. The zero-order valence-electron chi connectivity index (χ0n) is 10.7. The fourth-order valence-electron chi connectivity index (χ4n) is 2.87. The molecule has 1 aliphatic rings. The van der Waals surface area contributed by atoms with Crippen LogP contribution in [0.1, 0.15) is 11.4 Å². The van der Waals surface area contributed by atoms with Crippen LogP contribution in [0.4, 0.5) is 5.69 Å². The van der Waals surface area contributed by atoms with Crippen molar-refractivity contribution >= 4 is 18.9 Å². The third-order valence-corrected chi connectivity index (χ3v) is 3.80. The summed E-state index contributed by atoms with van der Waals surface area (Å²) in [6, 6.07) is 18.7. The summed E-state index contributed by atoms with van der Waals surface area (Å²) >= 11 is 0. The van der Waals surface area contributed by atoms with Crippen molar-refractivity contribution in [3.8, 4) is 0 Å². The van der Waals surface area contributed by atoms with E-state index in [-0.39, 0.29) is 7.55 Å². The Labute approximate surface area is 112 Å². The van der Waals surface area contributed by atoms with E-state index in [0.29, 0.717) is 0 Å². The van der Waals surface area contributed by atoms with Gasteiger partial charge in [-0.25, -0.2) is 0 Å². The minimum Gasteiger partial charge on any atom is -0.504 e. The Bertz CT molecular complexity index is 710. The molecule has 3 aromatic rings. The van der Waals surface area contributed by atoms with Crippen LogP contribution >= 0.6 is 0 Å². The Hall–Kier alpha value is -2.49. The molecule has 19 heavy (non-hydrogen) atoms. The Morgan fingerprint density at radius 2 is 1.37 bits per heavy atom. The highest BCUT2D eigenvalue weighted by molar-refractivity contribution is 6.38. The molecule has 0 bridgehead atoms. The molecule has 1 radical (unpaired) electrons. The zero-order valence-corrected chi connectivity index (χ0v) is 10.7. The molecule has 2 aromatic heterocycles. The average molecular weight is 246 g/mol. The van der Waals surface area contributed by atoms with E-state index in [1.165, 1.54) is 11.4 Å². The number of para-hydroxylation sites is 1. The first-order valence-electron chi connectivity index (χ1n) is 6.63. The predicted octanol–water partition coefficient (Wildman–Crippen LogP) is 1.50. The van der Waals surface area contributed by atoms with E-state index in [9.17, 15) is 0 Å². The van der Waals surface area contributed by atoms with Crippen LogP contribution < -0.4 is 4.99 Å². The van der Waals surface area contributed by atoms with Crippen LogP contribution in [-0.4, -0.2) is 22.2 Å². The van der Waals surface area contributed by atoms with Gasteiger partial charge in [0, 0.05) is 12.1 Å². The molecule has 0 N–H and O–H groups in total. The summed E-state index contributed by atoms with van der Waals surface area (Å²) in [5, 5.41) is 0. The number of aromatic nitrogens is 2. The van der Waals surface area contributed by atoms with Gasteiger partial charge in [0.15, 0.2) is 7.55 Å². The van der Waals surface area contributed by atoms with Gasteiger partial charge in [0.2, 0.25) is 0 Å². The molecule has 1 aromatic carbocycles. The summed E-state index contributed by atoms with van der Waals surface area (Å²) in [6.45, 7) is 0. The van der Waals surface area contributed by atoms with Gasteiger partial charge in [0.25, 0.3) is 5.69 Å². The quantitative estimate of drug-likeness (QED) is 0.454. The molecule has 0 saturated carbocycles. The molecule has 0 saturated heterocycles. The monoisotopic (exact) mass is 246 g/mol. The maximum absolute atomic E-state index is 4.84. The number of nitrogens with zero attached hydrogens (tertiary/aromatic N) is 3. The highest BCUT2D eigenvalue weighted by Gasteiger charge is 2.25. The van der Waals surface area contributed by atoms with Crippen molar-refractivity contribution < 1.29 is 0 Å². The van der Waals surface area contributed by atoms with Gasteiger partial charge in [-0.2, -0.15) is 0 Å². The second kappa shape index (κ2) is 4.02. The lowest BCUT2D eigenvalue weighted by Gasteiger charge is -2.23. The standard InChI is InChI=1S/C15H13BN3/c1-2-6-12(7-3-1)17-15-13-8-4-10-18(13)16-19-11-5-9-14(15)19/h1-11H,16H2. The van der Waals surface area contributed by atoms with Gasteiger partial charge in [-0.05, 0) is 36.7 Å². The molecule has 0 spiro atoms. The summed E-state index contributed by atoms with van der Waals surface area (Å²) in [4.78, 5) is 4.84. The lowest BCUT2D eigenvalue weighted by atomic mass is 10.0. The lowest BCUT2D eigenvalue weighted by molar-refractivity contribution is 1.05. The SMILES string of the molecule is [BH2-]1n2cccc2C(=[N+]c2ccccc2)c2cccn21. The average Bonchev–Trinajstić information content (AvgIpc) is 3.08. The van der Waals surface area contributed by atoms with Gasteiger partial charge < -0.3 is 8.96 Å². The van der Waals surface area contributed by atoms with E-state index in [1.54, 1.807) is 0 Å². The molecule has 0 unspecified atom stereocenters. The van der Waals surface area contributed by atoms with E-state index >= 15 is 0 Å². The fourth-order valence-corrected chi connectivity index (χ4v) is 2.87. The van der Waals surface area contributed by atoms with E-state index in [2.05, 4.69) is 45.6 Å². The summed E-state index contributed by atoms with van der Waals surface area (Å²) in [7, 11) is -0.345. The van der Waals surface area contributed by atoms with E-state index < -0.39 is 0 Å². The van der Waals surface area contributed by atoms with Crippen molar-refractivity contribution in [2.24, 2.45) is 0 Å². The first-order chi connectivity index (χ1) is 9.42. The van der Waals surface area contributed by atoms with Crippen molar-refractivity contribution in [2.45, 2.75) is 0 Å². The number of benzene rings is 1. The van der Waals surface area contributed by atoms with Crippen molar-refractivity contribution in [1.82, 2.24) is 13.9 Å². The first kappa shape index (κ1) is 10.4. The number of rotatable bonds is 1. The lowest BCUT2D eigenvalue weighted by Crippen LogP contribution is -2.31. The normalized spacial score (nSPS) is 12.9. The molecular formula is C15H13BN3. The minimum atomic E-state index is -0.345. The number of hydrogen-bond donors (Lipinski definition) is 0. The topological polar surface area (TPSA) is 24.0 Å². The van der Waals surface area contributed by atoms with Gasteiger partial charge in [0.1, 0.15) is 0 Å². The van der Waals surface area contributed by atoms with E-state index in [4.69, 9.17) is 4.99 Å². The molecule has 4 rings (SSSR count). The number of hydrogen-bond acceptors (Lipinski definition) is 1. The summed E-state index contributed by atoms with van der Waals surface area (Å²) in [6.07, 6.45) is 4.30. The summed E-state index contributed by atoms with van der Waals surface area (Å²) in [5.41, 5.74) is 4.53. The van der Waals surface area contributed by atoms with Gasteiger partial charge in [-0.1, -0.05) is 18.2 Å². The molecule has 0 atom stereocenters. The Morgan fingerprint density at radius 1 is 0.737 bits per heavy atom. The van der Waals surface area contributed by atoms with Crippen molar-refractivity contribution in [1.29, 1.82) is 0 Å². The second-order valence-corrected chi connectivity index (χ2v) is 5.00. The molecule has 91 valence electrons. The van der Waals surface area contributed by atoms with Crippen molar-refractivity contribution in [3.63, 3.8) is 0 Å². The number of aliphatic imine (C=N–C) groups is 1. The van der Waals surface area contributed by atoms with Crippen LogP contribution in [0.5, 0.6) is 0 Å². The zero-order chi connectivity index (χ0) is 12.7. The third kappa shape index (κ3) is 1.64. The van der Waals surface area contributed by atoms with Crippen molar-refractivity contribution in [3.05, 3.63) is 78.4 Å². The van der Waals surface area contributed by atoms with E-state index in [1.807, 2.05) is 30.3 Å². The largest absolute Gasteiger partial charge is 0.504 e. The first-order valence-corrected chi connectivity index (χ1v) is 6.63. The van der Waals surface area contributed by atoms with Crippen LogP contribution in [0.25, 0.3) is 0 Å². The van der Waals surface area contributed by atoms with Crippen LogP contribution in [-0.2, 0) is 0 Å². The van der Waals surface area contributed by atoms with Crippen LogP contribution in [0, 0.1) is 0 Å². The van der Waals surface area contributed by atoms with Gasteiger partial charge in [-0.15, -0.1) is 0 Å². The Balaban J connectivity index is 1.93. The van der Waals surface area contributed by atoms with Crippen LogP contribution in [0.3, 0.4) is 0 Å². The molecule has 1 aliphatic heterocycles. The van der Waals surface area contributed by atoms with Gasteiger partial charge in [-0.3, -0.25) is 0 Å². The van der Waals surface area contributed by atoms with Gasteiger partial charge in [0.05, 0.1) is 16.4 Å². The molecule has 0 fully saturated rings. The maximum Gasteiger partial charge on any atom is 0.317 e. The smallest absolute Gasteiger partial charge is 0.317 e. The highest BCUT2D eigenvalue weighted by atomic mass is 15.1. The molecular weight excluding hydrogens is 233 g/mol. The minimum absolute atomic E-state index is 0.345. The Kier molecular flexibility index (Phi) is 2.21. The maximum atomic E-state index is 4.84. The molecule has 0 amide bonds.